The van der Waals surface area contributed by atoms with Gasteiger partial charge in [-0.25, -0.2) is 0 Å². The Hall–Kier alpha value is -3.97. The highest BCUT2D eigenvalue weighted by molar-refractivity contribution is 6.33. The fourth-order valence-corrected chi connectivity index (χ4v) is 3.77. The van der Waals surface area contributed by atoms with Crippen LogP contribution in [0.5, 0.6) is 0 Å². The van der Waals surface area contributed by atoms with Gasteiger partial charge in [0, 0.05) is 5.56 Å². The maximum Gasteiger partial charge on any atom is 0.262 e. The minimum atomic E-state index is -0.382. The van der Waals surface area contributed by atoms with Gasteiger partial charge in [0.05, 0.1) is 21.6 Å². The highest BCUT2D eigenvalue weighted by Gasteiger charge is 2.20. The second-order valence-electron chi connectivity index (χ2n) is 6.98. The molecule has 0 bridgehead atoms. The molecule has 0 aliphatic carbocycles. The van der Waals surface area contributed by atoms with E-state index < -0.39 is 0 Å². The molecule has 2 heterocycles. The first-order chi connectivity index (χ1) is 15.1. The average molecular weight is 430 g/mol. The van der Waals surface area contributed by atoms with Crippen molar-refractivity contribution < 1.29 is 4.79 Å². The third kappa shape index (κ3) is 3.35. The Labute approximate surface area is 181 Å². The summed E-state index contributed by atoms with van der Waals surface area (Å²) in [5.41, 5.74) is 2.58. The number of nitrogens with one attached hydrogen (secondary N) is 1. The number of anilines is 1. The molecular weight excluding hydrogens is 414 g/mol. The van der Waals surface area contributed by atoms with E-state index in [0.29, 0.717) is 33.0 Å². The molecule has 5 rings (SSSR count). The number of rotatable bonds is 4. The normalized spacial score (nSPS) is 11.1. The molecule has 1 amide bonds. The number of carbonyl (C=O) groups is 1. The van der Waals surface area contributed by atoms with Crippen molar-refractivity contribution in [3.8, 4) is 11.3 Å². The summed E-state index contributed by atoms with van der Waals surface area (Å²) in [4.78, 5) is 26.2. The van der Waals surface area contributed by atoms with Gasteiger partial charge >= 0.3 is 0 Å². The predicted octanol–water partition coefficient (Wildman–Crippen LogP) is 4.00. The third-order valence-electron chi connectivity index (χ3n) is 5.01. The number of carbonyl (C=O) groups excluding carboxylic acids is 1. The molecule has 5 aromatic rings. The van der Waals surface area contributed by atoms with Crippen molar-refractivity contribution in [1.82, 2.24) is 19.4 Å². The second kappa shape index (κ2) is 7.70. The van der Waals surface area contributed by atoms with Crippen LogP contribution in [-0.2, 0) is 11.3 Å². The lowest BCUT2D eigenvalue weighted by Gasteiger charge is -2.12. The molecule has 0 spiro atoms. The standard InChI is InChI=1S/C23H16ClN5O2/c24-17-11-5-6-12-18(17)25-20(30)14-28-22-21(15-8-2-1-3-9-15)26-27-29(22)19-13-7-4-10-16(19)23(28)31/h1-13H,14H2,(H,25,30). The number of halogens is 1. The van der Waals surface area contributed by atoms with Crippen LogP contribution in [0.4, 0.5) is 5.69 Å². The molecule has 7 nitrogen and oxygen atoms in total. The van der Waals surface area contributed by atoms with Crippen molar-refractivity contribution in [2.45, 2.75) is 6.54 Å². The van der Waals surface area contributed by atoms with E-state index in [1.54, 1.807) is 47.0 Å². The molecular formula is C23H16ClN5O2. The minimum absolute atomic E-state index is 0.217. The Balaban J connectivity index is 1.69. The van der Waals surface area contributed by atoms with Gasteiger partial charge in [-0.1, -0.05) is 71.4 Å². The maximum absolute atomic E-state index is 13.4. The minimum Gasteiger partial charge on any atom is -0.323 e. The summed E-state index contributed by atoms with van der Waals surface area (Å²) in [6.07, 6.45) is 0. The zero-order chi connectivity index (χ0) is 21.4. The molecule has 31 heavy (non-hydrogen) atoms. The van der Waals surface area contributed by atoms with Gasteiger partial charge in [-0.05, 0) is 24.3 Å². The van der Waals surface area contributed by atoms with Crippen molar-refractivity contribution in [1.29, 1.82) is 0 Å². The maximum atomic E-state index is 13.4. The molecule has 0 radical (unpaired) electrons. The average Bonchev–Trinajstić information content (AvgIpc) is 3.24. The number of amides is 1. The van der Waals surface area contributed by atoms with Crippen LogP contribution in [0.1, 0.15) is 0 Å². The molecule has 0 unspecified atom stereocenters. The molecule has 0 saturated carbocycles. The van der Waals surface area contributed by atoms with E-state index in [1.807, 2.05) is 36.4 Å². The van der Waals surface area contributed by atoms with Crippen LogP contribution in [0.25, 0.3) is 27.8 Å². The summed E-state index contributed by atoms with van der Waals surface area (Å²) < 4.78 is 3.00. The molecule has 152 valence electrons. The third-order valence-corrected chi connectivity index (χ3v) is 5.34. The molecule has 3 aromatic carbocycles. The number of hydrogen-bond donors (Lipinski definition) is 1. The van der Waals surface area contributed by atoms with Crippen LogP contribution in [0, 0.1) is 0 Å². The summed E-state index contributed by atoms with van der Waals surface area (Å²) in [7, 11) is 0. The molecule has 2 aromatic heterocycles. The van der Waals surface area contributed by atoms with Crippen molar-refractivity contribution in [2.75, 3.05) is 5.32 Å². The molecule has 0 aliphatic heterocycles. The van der Waals surface area contributed by atoms with Crippen LogP contribution < -0.4 is 10.9 Å². The molecule has 0 aliphatic rings. The monoisotopic (exact) mass is 429 g/mol. The van der Waals surface area contributed by atoms with Crippen molar-refractivity contribution in [2.24, 2.45) is 0 Å². The Morgan fingerprint density at radius 2 is 1.65 bits per heavy atom. The fourth-order valence-electron chi connectivity index (χ4n) is 3.59. The Kier molecular flexibility index (Phi) is 4.72. The zero-order valence-corrected chi connectivity index (χ0v) is 17.0. The molecule has 0 atom stereocenters. The van der Waals surface area contributed by atoms with Crippen molar-refractivity contribution in [3.63, 3.8) is 0 Å². The lowest BCUT2D eigenvalue weighted by atomic mass is 10.1. The fraction of sp³-hybridized carbons (Fsp3) is 0.0435. The smallest absolute Gasteiger partial charge is 0.262 e. The first-order valence-corrected chi connectivity index (χ1v) is 9.98. The first kappa shape index (κ1) is 19.0. The summed E-state index contributed by atoms with van der Waals surface area (Å²) in [5.74, 6) is -0.382. The lowest BCUT2D eigenvalue weighted by Crippen LogP contribution is -2.29. The van der Waals surface area contributed by atoms with Gasteiger partial charge in [0.2, 0.25) is 5.91 Å². The second-order valence-corrected chi connectivity index (χ2v) is 7.38. The largest absolute Gasteiger partial charge is 0.323 e. The van der Waals surface area contributed by atoms with E-state index in [1.165, 1.54) is 4.57 Å². The number of nitrogens with zero attached hydrogens (tertiary/aromatic N) is 4. The van der Waals surface area contributed by atoms with Gasteiger partial charge in [0.1, 0.15) is 12.2 Å². The number of fused-ring (bicyclic) bond motifs is 3. The van der Waals surface area contributed by atoms with Gasteiger partial charge in [-0.15, -0.1) is 5.10 Å². The van der Waals surface area contributed by atoms with Crippen LogP contribution in [-0.4, -0.2) is 25.3 Å². The number of hydrogen-bond acceptors (Lipinski definition) is 4. The van der Waals surface area contributed by atoms with Gasteiger partial charge in [0.25, 0.3) is 5.56 Å². The van der Waals surface area contributed by atoms with E-state index in [2.05, 4.69) is 15.6 Å². The van der Waals surface area contributed by atoms with E-state index >= 15 is 0 Å². The first-order valence-electron chi connectivity index (χ1n) is 9.60. The lowest BCUT2D eigenvalue weighted by molar-refractivity contribution is -0.116. The molecule has 1 N–H and O–H groups in total. The van der Waals surface area contributed by atoms with Gasteiger partial charge < -0.3 is 5.32 Å². The Morgan fingerprint density at radius 1 is 0.935 bits per heavy atom. The van der Waals surface area contributed by atoms with E-state index in [0.717, 1.165) is 5.56 Å². The van der Waals surface area contributed by atoms with Crippen molar-refractivity contribution in [3.05, 3.63) is 94.2 Å². The Morgan fingerprint density at radius 3 is 2.45 bits per heavy atom. The number of para-hydroxylation sites is 2. The van der Waals surface area contributed by atoms with Gasteiger partial charge in [-0.2, -0.15) is 4.52 Å². The molecule has 0 saturated heterocycles. The quantitative estimate of drug-likeness (QED) is 0.468. The predicted molar refractivity (Wildman–Crippen MR) is 120 cm³/mol. The van der Waals surface area contributed by atoms with Crippen LogP contribution in [0.2, 0.25) is 5.02 Å². The molecule has 8 heteroatoms. The highest BCUT2D eigenvalue weighted by atomic mass is 35.5. The Bertz CT molecular complexity index is 1490. The van der Waals surface area contributed by atoms with Gasteiger partial charge in [-0.3, -0.25) is 14.2 Å². The van der Waals surface area contributed by atoms with Crippen LogP contribution in [0.3, 0.4) is 0 Å². The number of aromatic nitrogens is 4. The van der Waals surface area contributed by atoms with Crippen molar-refractivity contribution >= 4 is 39.7 Å². The van der Waals surface area contributed by atoms with E-state index in [4.69, 9.17) is 11.6 Å². The summed E-state index contributed by atoms with van der Waals surface area (Å²) in [6.45, 7) is -0.217. The molecule has 0 fully saturated rings. The summed E-state index contributed by atoms with van der Waals surface area (Å²) >= 11 is 6.16. The van der Waals surface area contributed by atoms with E-state index in [9.17, 15) is 9.59 Å². The van der Waals surface area contributed by atoms with Crippen LogP contribution in [0.15, 0.2) is 83.7 Å². The SMILES string of the molecule is O=C(Cn1c(=O)c2ccccc2n2nnc(-c3ccccc3)c12)Nc1ccccc1Cl. The van der Waals surface area contributed by atoms with E-state index in [-0.39, 0.29) is 18.0 Å². The van der Waals surface area contributed by atoms with Crippen LogP contribution >= 0.6 is 11.6 Å². The zero-order valence-electron chi connectivity index (χ0n) is 16.2. The highest BCUT2D eigenvalue weighted by Crippen LogP contribution is 2.24. The summed E-state index contributed by atoms with van der Waals surface area (Å²) in [6, 6.07) is 23.5. The number of benzene rings is 3. The topological polar surface area (TPSA) is 81.3 Å². The van der Waals surface area contributed by atoms with Gasteiger partial charge in [0.15, 0.2) is 5.65 Å². The summed E-state index contributed by atoms with van der Waals surface area (Å²) in [5, 5.41) is 12.2.